The monoisotopic (exact) mass is 417 g/mol. The van der Waals surface area contributed by atoms with E-state index in [1.54, 1.807) is 0 Å². The van der Waals surface area contributed by atoms with Gasteiger partial charge in [0.15, 0.2) is 11.0 Å². The van der Waals surface area contributed by atoms with Crippen LogP contribution in [0.25, 0.3) is 28.0 Å². The van der Waals surface area contributed by atoms with Crippen molar-refractivity contribution in [2.45, 2.75) is 43.1 Å². The van der Waals surface area contributed by atoms with Gasteiger partial charge in [-0.2, -0.15) is 0 Å². The second-order valence-corrected chi connectivity index (χ2v) is 9.03. The summed E-state index contributed by atoms with van der Waals surface area (Å²) in [6.07, 6.45) is 4.13. The molecule has 2 N–H and O–H groups in total. The first-order valence-electron chi connectivity index (χ1n) is 10.2. The average molecular weight is 418 g/mol. The van der Waals surface area contributed by atoms with E-state index in [0.29, 0.717) is 11.2 Å². The SMILES string of the molecule is Cc1ccccc1-n1c(SC(C)C(=O)NC2CC2)nnc1-c1c[nH]c2ccccc12. The third kappa shape index (κ3) is 3.50. The fourth-order valence-corrected chi connectivity index (χ4v) is 4.44. The molecule has 1 saturated carbocycles. The molecule has 0 bridgehead atoms. The summed E-state index contributed by atoms with van der Waals surface area (Å²) >= 11 is 1.44. The van der Waals surface area contributed by atoms with Crippen molar-refractivity contribution in [1.82, 2.24) is 25.1 Å². The quantitative estimate of drug-likeness (QED) is 0.454. The minimum absolute atomic E-state index is 0.0514. The summed E-state index contributed by atoms with van der Waals surface area (Å²) in [7, 11) is 0. The molecule has 1 amide bonds. The van der Waals surface area contributed by atoms with E-state index in [-0.39, 0.29) is 11.2 Å². The number of benzene rings is 2. The zero-order valence-electron chi connectivity index (χ0n) is 16.9. The standard InChI is InChI=1S/C23H23N5OS/c1-14-7-3-6-10-20(14)28-21(18-13-24-19-9-5-4-8-17(18)19)26-27-23(28)30-15(2)22(29)25-16-11-12-16/h3-10,13,15-16,24H,11-12H2,1-2H3,(H,25,29). The lowest BCUT2D eigenvalue weighted by Gasteiger charge is -2.15. The van der Waals surface area contributed by atoms with E-state index in [1.807, 2.05) is 43.5 Å². The van der Waals surface area contributed by atoms with Crippen molar-refractivity contribution in [3.05, 3.63) is 60.3 Å². The van der Waals surface area contributed by atoms with Gasteiger partial charge in [-0.05, 0) is 44.4 Å². The van der Waals surface area contributed by atoms with Crippen LogP contribution in [0.2, 0.25) is 0 Å². The van der Waals surface area contributed by atoms with E-state index >= 15 is 0 Å². The Labute approximate surface area is 179 Å². The fourth-order valence-electron chi connectivity index (χ4n) is 3.57. The largest absolute Gasteiger partial charge is 0.360 e. The molecule has 1 atom stereocenters. The average Bonchev–Trinajstić information content (AvgIpc) is 3.32. The third-order valence-electron chi connectivity index (χ3n) is 5.40. The van der Waals surface area contributed by atoms with Crippen LogP contribution < -0.4 is 5.32 Å². The van der Waals surface area contributed by atoms with Crippen LogP contribution in [0.5, 0.6) is 0 Å². The van der Waals surface area contributed by atoms with Crippen LogP contribution >= 0.6 is 11.8 Å². The summed E-state index contributed by atoms with van der Waals surface area (Å²) in [5.74, 6) is 0.814. The number of aryl methyl sites for hydroxylation is 1. The molecule has 0 aliphatic heterocycles. The Hall–Kier alpha value is -3.06. The number of para-hydroxylation sites is 2. The predicted molar refractivity (Wildman–Crippen MR) is 120 cm³/mol. The Morgan fingerprint density at radius 2 is 1.93 bits per heavy atom. The van der Waals surface area contributed by atoms with Crippen molar-refractivity contribution in [3.8, 4) is 17.1 Å². The van der Waals surface area contributed by atoms with Gasteiger partial charge in [0.2, 0.25) is 5.91 Å². The number of rotatable bonds is 6. The first-order valence-corrected chi connectivity index (χ1v) is 11.0. The highest BCUT2D eigenvalue weighted by atomic mass is 32.2. The van der Waals surface area contributed by atoms with Gasteiger partial charge < -0.3 is 10.3 Å². The molecule has 0 saturated heterocycles. The number of thioether (sulfide) groups is 1. The van der Waals surface area contributed by atoms with Crippen molar-refractivity contribution >= 4 is 28.6 Å². The number of nitrogens with zero attached hydrogens (tertiary/aromatic N) is 3. The first kappa shape index (κ1) is 18.9. The molecule has 1 fully saturated rings. The highest BCUT2D eigenvalue weighted by Gasteiger charge is 2.28. The summed E-state index contributed by atoms with van der Waals surface area (Å²) in [5.41, 5.74) is 4.18. The van der Waals surface area contributed by atoms with Crippen LogP contribution in [0.15, 0.2) is 59.9 Å². The lowest BCUT2D eigenvalue weighted by atomic mass is 10.1. The number of carbonyl (C=O) groups is 1. The van der Waals surface area contributed by atoms with Gasteiger partial charge in [-0.25, -0.2) is 0 Å². The topological polar surface area (TPSA) is 75.6 Å². The van der Waals surface area contributed by atoms with Crippen LogP contribution in [0, 0.1) is 6.92 Å². The summed E-state index contributed by atoms with van der Waals surface area (Å²) in [4.78, 5) is 15.9. The van der Waals surface area contributed by atoms with Crippen LogP contribution in [-0.4, -0.2) is 36.9 Å². The van der Waals surface area contributed by atoms with Crippen molar-refractivity contribution in [2.24, 2.45) is 0 Å². The van der Waals surface area contributed by atoms with Crippen LogP contribution in [-0.2, 0) is 4.79 Å². The lowest BCUT2D eigenvalue weighted by Crippen LogP contribution is -2.32. The Kier molecular flexibility index (Phi) is 4.83. The van der Waals surface area contributed by atoms with Gasteiger partial charge in [0, 0.05) is 28.7 Å². The van der Waals surface area contributed by atoms with Crippen molar-refractivity contribution in [3.63, 3.8) is 0 Å². The van der Waals surface area contributed by atoms with Crippen LogP contribution in [0.3, 0.4) is 0 Å². The number of fused-ring (bicyclic) bond motifs is 1. The van der Waals surface area contributed by atoms with Gasteiger partial charge in [-0.15, -0.1) is 10.2 Å². The number of aromatic amines is 1. The van der Waals surface area contributed by atoms with Crippen molar-refractivity contribution in [1.29, 1.82) is 0 Å². The molecule has 0 spiro atoms. The maximum Gasteiger partial charge on any atom is 0.233 e. The summed E-state index contributed by atoms with van der Waals surface area (Å²) in [6.45, 7) is 4.00. The first-order chi connectivity index (χ1) is 14.6. The van der Waals surface area contributed by atoms with Gasteiger partial charge in [-0.3, -0.25) is 9.36 Å². The van der Waals surface area contributed by atoms with E-state index in [1.165, 1.54) is 11.8 Å². The van der Waals surface area contributed by atoms with Crippen LogP contribution in [0.1, 0.15) is 25.3 Å². The smallest absolute Gasteiger partial charge is 0.233 e. The minimum atomic E-state index is -0.256. The Bertz CT molecular complexity index is 1220. The summed E-state index contributed by atoms with van der Waals surface area (Å²) in [6, 6.07) is 16.7. The minimum Gasteiger partial charge on any atom is -0.360 e. The molecule has 2 aromatic heterocycles. The number of hydrogen-bond acceptors (Lipinski definition) is 4. The highest BCUT2D eigenvalue weighted by molar-refractivity contribution is 8.00. The molecular formula is C23H23N5OS. The summed E-state index contributed by atoms with van der Waals surface area (Å²) < 4.78 is 2.07. The number of carbonyl (C=O) groups excluding carboxylic acids is 1. The number of nitrogens with one attached hydrogen (secondary N) is 2. The van der Waals surface area contributed by atoms with E-state index in [0.717, 1.165) is 46.4 Å². The second kappa shape index (κ2) is 7.65. The number of hydrogen-bond donors (Lipinski definition) is 2. The lowest BCUT2D eigenvalue weighted by molar-refractivity contribution is -0.120. The number of aromatic nitrogens is 4. The molecule has 4 aromatic rings. The summed E-state index contributed by atoms with van der Waals surface area (Å²) in [5, 5.41) is 13.7. The fraction of sp³-hybridized carbons (Fsp3) is 0.261. The van der Waals surface area contributed by atoms with Gasteiger partial charge in [0.25, 0.3) is 0 Å². The van der Waals surface area contributed by atoms with Gasteiger partial charge >= 0.3 is 0 Å². The molecule has 6 nitrogen and oxygen atoms in total. The molecule has 1 aliphatic rings. The molecule has 152 valence electrons. The Morgan fingerprint density at radius 3 is 2.73 bits per heavy atom. The molecule has 1 aliphatic carbocycles. The Morgan fingerprint density at radius 1 is 1.17 bits per heavy atom. The number of amides is 1. The van der Waals surface area contributed by atoms with E-state index in [4.69, 9.17) is 0 Å². The predicted octanol–water partition coefficient (Wildman–Crippen LogP) is 4.48. The molecule has 30 heavy (non-hydrogen) atoms. The highest BCUT2D eigenvalue weighted by Crippen LogP contribution is 2.34. The zero-order chi connectivity index (χ0) is 20.7. The maximum absolute atomic E-state index is 12.5. The van der Waals surface area contributed by atoms with E-state index < -0.39 is 0 Å². The zero-order valence-corrected chi connectivity index (χ0v) is 17.7. The normalized spacial score (nSPS) is 14.7. The van der Waals surface area contributed by atoms with Crippen molar-refractivity contribution in [2.75, 3.05) is 0 Å². The van der Waals surface area contributed by atoms with Gasteiger partial charge in [0.05, 0.1) is 10.9 Å². The number of H-pyrrole nitrogens is 1. The van der Waals surface area contributed by atoms with E-state index in [2.05, 4.69) is 50.2 Å². The molecule has 5 rings (SSSR count). The molecule has 2 heterocycles. The van der Waals surface area contributed by atoms with Gasteiger partial charge in [0.1, 0.15) is 0 Å². The van der Waals surface area contributed by atoms with Crippen molar-refractivity contribution < 1.29 is 4.79 Å². The van der Waals surface area contributed by atoms with Gasteiger partial charge in [-0.1, -0.05) is 48.2 Å². The van der Waals surface area contributed by atoms with E-state index in [9.17, 15) is 4.79 Å². The maximum atomic E-state index is 12.5. The van der Waals surface area contributed by atoms with Crippen LogP contribution in [0.4, 0.5) is 0 Å². The molecule has 2 aromatic carbocycles. The second-order valence-electron chi connectivity index (χ2n) is 7.72. The molecular weight excluding hydrogens is 394 g/mol. The molecule has 1 unspecified atom stereocenters. The third-order valence-corrected chi connectivity index (χ3v) is 6.44. The molecule has 7 heteroatoms. The Balaban J connectivity index is 1.59. The molecule has 0 radical (unpaired) electrons.